The molecule has 0 aliphatic rings. The SMILES string of the molecule is CCCC(N=[N+]=[N-])c1cccc(CC)c1.CCCC(N=[N+]=[N-])c1cccc(CC)c1. The molecule has 0 aliphatic heterocycles. The molecule has 2 atom stereocenters. The first-order valence-electron chi connectivity index (χ1n) is 10.9. The molecular weight excluding hydrogens is 372 g/mol. The molecule has 160 valence electrons. The maximum atomic E-state index is 8.51. The van der Waals surface area contributed by atoms with E-state index in [4.69, 9.17) is 11.1 Å². The first-order valence-corrected chi connectivity index (χ1v) is 10.9. The molecule has 2 aromatic rings. The Morgan fingerprint density at radius 1 is 0.700 bits per heavy atom. The van der Waals surface area contributed by atoms with Crippen LogP contribution in [0.3, 0.4) is 0 Å². The molecular formula is C24H34N6. The number of rotatable bonds is 10. The monoisotopic (exact) mass is 406 g/mol. The van der Waals surface area contributed by atoms with Crippen LogP contribution < -0.4 is 0 Å². The third-order valence-corrected chi connectivity index (χ3v) is 4.99. The van der Waals surface area contributed by atoms with Gasteiger partial charge in [0.2, 0.25) is 0 Å². The molecule has 0 amide bonds. The van der Waals surface area contributed by atoms with Crippen molar-refractivity contribution in [2.24, 2.45) is 10.2 Å². The molecule has 2 unspecified atom stereocenters. The highest BCUT2D eigenvalue weighted by molar-refractivity contribution is 5.27. The summed E-state index contributed by atoms with van der Waals surface area (Å²) >= 11 is 0. The molecule has 6 nitrogen and oxygen atoms in total. The van der Waals surface area contributed by atoms with Gasteiger partial charge >= 0.3 is 0 Å². The third-order valence-electron chi connectivity index (χ3n) is 4.99. The summed E-state index contributed by atoms with van der Waals surface area (Å²) in [7, 11) is 0. The number of aryl methyl sites for hydroxylation is 2. The summed E-state index contributed by atoms with van der Waals surface area (Å²) in [5, 5.41) is 7.68. The van der Waals surface area contributed by atoms with Crippen molar-refractivity contribution >= 4 is 0 Å². The molecule has 30 heavy (non-hydrogen) atoms. The van der Waals surface area contributed by atoms with Crippen molar-refractivity contribution in [2.75, 3.05) is 0 Å². The smallest absolute Gasteiger partial charge is 0.0625 e. The zero-order valence-corrected chi connectivity index (χ0v) is 18.7. The van der Waals surface area contributed by atoms with E-state index in [2.05, 4.69) is 72.0 Å². The van der Waals surface area contributed by atoms with Gasteiger partial charge in [-0.15, -0.1) is 0 Å². The highest BCUT2D eigenvalue weighted by atomic mass is 15.1. The van der Waals surface area contributed by atoms with Crippen LogP contribution in [-0.2, 0) is 12.8 Å². The molecule has 0 N–H and O–H groups in total. The minimum Gasteiger partial charge on any atom is -0.0859 e. The zero-order valence-electron chi connectivity index (χ0n) is 18.7. The standard InChI is InChI=1S/2C12H17N3/c2*1-3-6-12(14-15-13)11-8-5-7-10(4-2)9-11/h2*5,7-9,12H,3-4,6H2,1-2H3. The van der Waals surface area contributed by atoms with E-state index < -0.39 is 0 Å². The van der Waals surface area contributed by atoms with Gasteiger partial charge in [-0.3, -0.25) is 0 Å². The lowest BCUT2D eigenvalue weighted by molar-refractivity contribution is 0.634. The summed E-state index contributed by atoms with van der Waals surface area (Å²) in [6.07, 6.45) is 5.92. The maximum absolute atomic E-state index is 8.51. The van der Waals surface area contributed by atoms with Crippen LogP contribution in [0, 0.1) is 0 Å². The van der Waals surface area contributed by atoms with Crippen molar-refractivity contribution in [3.8, 4) is 0 Å². The lowest BCUT2D eigenvalue weighted by atomic mass is 10.0. The largest absolute Gasteiger partial charge is 0.0859 e. The molecule has 6 heteroatoms. The molecule has 0 spiro atoms. The Balaban J connectivity index is 0.000000300. The highest BCUT2D eigenvalue weighted by Crippen LogP contribution is 2.24. The van der Waals surface area contributed by atoms with E-state index >= 15 is 0 Å². The van der Waals surface area contributed by atoms with Crippen molar-refractivity contribution < 1.29 is 0 Å². The molecule has 0 heterocycles. The van der Waals surface area contributed by atoms with Gasteiger partial charge in [-0.2, -0.15) is 0 Å². The van der Waals surface area contributed by atoms with Crippen LogP contribution in [0.2, 0.25) is 0 Å². The predicted octanol–water partition coefficient (Wildman–Crippen LogP) is 8.80. The van der Waals surface area contributed by atoms with Crippen LogP contribution in [0.1, 0.15) is 87.7 Å². The number of hydrogen-bond acceptors (Lipinski definition) is 2. The van der Waals surface area contributed by atoms with Gasteiger partial charge in [0.1, 0.15) is 0 Å². The third kappa shape index (κ3) is 8.60. The van der Waals surface area contributed by atoms with E-state index in [1.54, 1.807) is 0 Å². The average molecular weight is 407 g/mol. The van der Waals surface area contributed by atoms with Gasteiger partial charge in [0.15, 0.2) is 0 Å². The number of azide groups is 2. The summed E-state index contributed by atoms with van der Waals surface area (Å²) in [5.74, 6) is 0. The van der Waals surface area contributed by atoms with Crippen molar-refractivity contribution in [1.82, 2.24) is 0 Å². The summed E-state index contributed by atoms with van der Waals surface area (Å²) < 4.78 is 0. The summed E-state index contributed by atoms with van der Waals surface area (Å²) in [5.41, 5.74) is 21.9. The Labute approximate surface area is 180 Å². The predicted molar refractivity (Wildman–Crippen MR) is 125 cm³/mol. The molecule has 0 saturated heterocycles. The van der Waals surface area contributed by atoms with E-state index in [0.29, 0.717) is 0 Å². The minimum absolute atomic E-state index is 0.00787. The molecule has 0 aliphatic carbocycles. The normalized spacial score (nSPS) is 11.9. The molecule has 2 rings (SSSR count). The number of benzene rings is 2. The summed E-state index contributed by atoms with van der Waals surface area (Å²) in [6, 6.07) is 16.6. The van der Waals surface area contributed by atoms with Gasteiger partial charge in [-0.25, -0.2) is 0 Å². The van der Waals surface area contributed by atoms with Gasteiger partial charge in [-0.1, -0.05) is 99.3 Å². The van der Waals surface area contributed by atoms with Crippen LogP contribution in [-0.4, -0.2) is 0 Å². The molecule has 0 radical (unpaired) electrons. The van der Waals surface area contributed by atoms with E-state index in [1.807, 2.05) is 24.3 Å². The lowest BCUT2D eigenvalue weighted by Gasteiger charge is -2.11. The molecule has 0 aromatic heterocycles. The Hall–Kier alpha value is -2.94. The lowest BCUT2D eigenvalue weighted by Crippen LogP contribution is -1.95. The quantitative estimate of drug-likeness (QED) is 0.214. The first kappa shape index (κ1) is 25.1. The topological polar surface area (TPSA) is 97.5 Å². The van der Waals surface area contributed by atoms with Gasteiger partial charge < -0.3 is 0 Å². The fourth-order valence-electron chi connectivity index (χ4n) is 3.29. The molecule has 0 fully saturated rings. The Morgan fingerprint density at radius 3 is 1.40 bits per heavy atom. The fraction of sp³-hybridized carbons (Fsp3) is 0.500. The maximum Gasteiger partial charge on any atom is 0.0625 e. The average Bonchev–Trinajstić information content (AvgIpc) is 2.79. The van der Waals surface area contributed by atoms with Crippen molar-refractivity contribution in [3.63, 3.8) is 0 Å². The second-order valence-corrected chi connectivity index (χ2v) is 7.22. The Bertz CT molecular complexity index is 779. The minimum atomic E-state index is -0.00787. The first-order chi connectivity index (χ1) is 14.6. The van der Waals surface area contributed by atoms with E-state index in [0.717, 1.165) is 49.7 Å². The van der Waals surface area contributed by atoms with Crippen molar-refractivity contribution in [2.45, 2.75) is 78.3 Å². The summed E-state index contributed by atoms with van der Waals surface area (Å²) in [4.78, 5) is 5.82. The van der Waals surface area contributed by atoms with Crippen LogP contribution >= 0.6 is 0 Å². The Morgan fingerprint density at radius 2 is 1.10 bits per heavy atom. The van der Waals surface area contributed by atoms with Gasteiger partial charge in [-0.05, 0) is 59.0 Å². The van der Waals surface area contributed by atoms with Crippen LogP contribution in [0.15, 0.2) is 58.8 Å². The van der Waals surface area contributed by atoms with E-state index in [1.165, 1.54) is 11.1 Å². The Kier molecular flexibility index (Phi) is 12.5. The number of nitrogens with zero attached hydrogens (tertiary/aromatic N) is 6. The zero-order chi connectivity index (χ0) is 22.2. The highest BCUT2D eigenvalue weighted by Gasteiger charge is 2.09. The van der Waals surface area contributed by atoms with Crippen LogP contribution in [0.25, 0.3) is 20.9 Å². The summed E-state index contributed by atoms with van der Waals surface area (Å²) in [6.45, 7) is 8.45. The van der Waals surface area contributed by atoms with Gasteiger partial charge in [0.25, 0.3) is 0 Å². The number of hydrogen-bond donors (Lipinski definition) is 0. The van der Waals surface area contributed by atoms with Gasteiger partial charge in [0, 0.05) is 9.82 Å². The second kappa shape index (κ2) is 15.0. The molecule has 0 saturated carbocycles. The van der Waals surface area contributed by atoms with E-state index in [-0.39, 0.29) is 12.1 Å². The fourth-order valence-corrected chi connectivity index (χ4v) is 3.29. The van der Waals surface area contributed by atoms with E-state index in [9.17, 15) is 0 Å². The van der Waals surface area contributed by atoms with Gasteiger partial charge in [0.05, 0.1) is 12.1 Å². The molecule has 2 aromatic carbocycles. The van der Waals surface area contributed by atoms with Crippen LogP contribution in [0.4, 0.5) is 0 Å². The van der Waals surface area contributed by atoms with Crippen LogP contribution in [0.5, 0.6) is 0 Å². The molecule has 0 bridgehead atoms. The van der Waals surface area contributed by atoms with Crippen molar-refractivity contribution in [1.29, 1.82) is 0 Å². The second-order valence-electron chi connectivity index (χ2n) is 7.22. The van der Waals surface area contributed by atoms with Crippen molar-refractivity contribution in [3.05, 3.63) is 91.7 Å².